The molecule has 0 atom stereocenters. The minimum atomic E-state index is -0.440. The summed E-state index contributed by atoms with van der Waals surface area (Å²) in [6, 6.07) is 28.6. The molecular weight excluding hydrogens is 386 g/mol. The van der Waals surface area contributed by atoms with E-state index in [1.54, 1.807) is 18.2 Å². The largest absolute Gasteiger partial charge is 0.423 e. The Bertz CT molecular complexity index is 1210. The Morgan fingerprint density at radius 3 is 2.39 bits per heavy atom. The number of carbonyl (C=O) groups is 1. The average Bonchev–Trinajstić information content (AvgIpc) is 2.79. The van der Waals surface area contributed by atoms with Crippen LogP contribution >= 0.6 is 0 Å². The Kier molecular flexibility index (Phi) is 6.14. The number of carbonyl (C=O) groups excluding carboxylic acids is 1. The zero-order chi connectivity index (χ0) is 21.5. The lowest BCUT2D eigenvalue weighted by molar-refractivity contribution is -0.128. The molecule has 5 nitrogen and oxygen atoms in total. The van der Waals surface area contributed by atoms with Gasteiger partial charge in [-0.05, 0) is 30.7 Å². The van der Waals surface area contributed by atoms with Crippen LogP contribution in [-0.4, -0.2) is 15.9 Å². The van der Waals surface area contributed by atoms with Crippen molar-refractivity contribution in [1.29, 1.82) is 0 Å². The van der Waals surface area contributed by atoms with Gasteiger partial charge in [-0.15, -0.1) is 0 Å². The minimum Gasteiger partial charge on any atom is -0.423 e. The third kappa shape index (κ3) is 5.64. The van der Waals surface area contributed by atoms with Crippen LogP contribution in [0.25, 0.3) is 17.3 Å². The van der Waals surface area contributed by atoms with Crippen molar-refractivity contribution in [3.63, 3.8) is 0 Å². The van der Waals surface area contributed by atoms with Gasteiger partial charge in [0.1, 0.15) is 17.4 Å². The molecule has 4 aromatic rings. The Hall–Kier alpha value is -4.25. The number of aryl methyl sites for hydroxylation is 1. The van der Waals surface area contributed by atoms with Crippen molar-refractivity contribution in [1.82, 2.24) is 9.97 Å². The standard InChI is InChI=1S/C26H21N3O2/c1-19-27-24(21-11-6-3-7-12-21)18-25(28-19)29-22-13-8-14-23(17-22)31-26(30)16-15-20-9-4-2-5-10-20/h2-18H,1H3,(H,27,28,29)/b16-15+. The fraction of sp³-hybridized carbons (Fsp3) is 0.0385. The van der Waals surface area contributed by atoms with Crippen LogP contribution in [0.2, 0.25) is 0 Å². The molecule has 1 N–H and O–H groups in total. The molecule has 5 heteroatoms. The van der Waals surface area contributed by atoms with Gasteiger partial charge in [0.2, 0.25) is 0 Å². The SMILES string of the molecule is Cc1nc(Nc2cccc(OC(=O)/C=C/c3ccccc3)c2)cc(-c2ccccc2)n1. The van der Waals surface area contributed by atoms with Crippen LogP contribution in [0.15, 0.2) is 97.1 Å². The van der Waals surface area contributed by atoms with Gasteiger partial charge < -0.3 is 10.1 Å². The molecule has 4 rings (SSSR count). The first-order valence-electron chi connectivity index (χ1n) is 9.89. The van der Waals surface area contributed by atoms with E-state index in [-0.39, 0.29) is 0 Å². The molecule has 0 saturated heterocycles. The second-order valence-corrected chi connectivity index (χ2v) is 6.87. The van der Waals surface area contributed by atoms with Crippen molar-refractivity contribution in [2.45, 2.75) is 6.92 Å². The van der Waals surface area contributed by atoms with E-state index in [1.165, 1.54) is 6.08 Å². The number of nitrogens with zero attached hydrogens (tertiary/aromatic N) is 2. The van der Waals surface area contributed by atoms with E-state index in [2.05, 4.69) is 15.3 Å². The Morgan fingerprint density at radius 2 is 1.61 bits per heavy atom. The van der Waals surface area contributed by atoms with Crippen LogP contribution in [0.4, 0.5) is 11.5 Å². The van der Waals surface area contributed by atoms with E-state index in [0.29, 0.717) is 17.4 Å². The first kappa shape index (κ1) is 20.0. The van der Waals surface area contributed by atoms with Gasteiger partial charge in [-0.25, -0.2) is 14.8 Å². The van der Waals surface area contributed by atoms with E-state index >= 15 is 0 Å². The number of aromatic nitrogens is 2. The zero-order valence-corrected chi connectivity index (χ0v) is 17.0. The molecule has 31 heavy (non-hydrogen) atoms. The molecule has 3 aromatic carbocycles. The predicted molar refractivity (Wildman–Crippen MR) is 123 cm³/mol. The molecule has 0 amide bonds. The van der Waals surface area contributed by atoms with Crippen molar-refractivity contribution in [3.8, 4) is 17.0 Å². The molecule has 0 unspecified atom stereocenters. The van der Waals surface area contributed by atoms with Crippen molar-refractivity contribution < 1.29 is 9.53 Å². The van der Waals surface area contributed by atoms with Crippen LogP contribution in [0.5, 0.6) is 5.75 Å². The first-order chi connectivity index (χ1) is 15.2. The van der Waals surface area contributed by atoms with Gasteiger partial charge in [0, 0.05) is 29.5 Å². The molecule has 0 bridgehead atoms. The van der Waals surface area contributed by atoms with E-state index in [4.69, 9.17) is 4.74 Å². The molecule has 0 aliphatic heterocycles. The van der Waals surface area contributed by atoms with Crippen molar-refractivity contribution in [2.24, 2.45) is 0 Å². The van der Waals surface area contributed by atoms with Gasteiger partial charge in [-0.2, -0.15) is 0 Å². The second-order valence-electron chi connectivity index (χ2n) is 6.87. The highest BCUT2D eigenvalue weighted by atomic mass is 16.5. The number of benzene rings is 3. The third-order valence-corrected chi connectivity index (χ3v) is 4.44. The summed E-state index contributed by atoms with van der Waals surface area (Å²) in [5.41, 5.74) is 3.55. The second kappa shape index (κ2) is 9.50. The number of nitrogens with one attached hydrogen (secondary N) is 1. The molecule has 0 fully saturated rings. The smallest absolute Gasteiger partial charge is 0.336 e. The van der Waals surface area contributed by atoms with Crippen LogP contribution in [0, 0.1) is 6.92 Å². The number of hydrogen-bond donors (Lipinski definition) is 1. The summed E-state index contributed by atoms with van der Waals surface area (Å²) in [5.74, 6) is 1.34. The highest BCUT2D eigenvalue weighted by molar-refractivity contribution is 5.88. The molecule has 1 aromatic heterocycles. The van der Waals surface area contributed by atoms with Gasteiger partial charge in [-0.3, -0.25) is 0 Å². The third-order valence-electron chi connectivity index (χ3n) is 4.44. The molecular formula is C26H21N3O2. The van der Waals surface area contributed by atoms with E-state index < -0.39 is 5.97 Å². The molecule has 0 aliphatic rings. The zero-order valence-electron chi connectivity index (χ0n) is 17.0. The van der Waals surface area contributed by atoms with Gasteiger partial charge in [0.25, 0.3) is 0 Å². The number of esters is 1. The maximum absolute atomic E-state index is 12.2. The minimum absolute atomic E-state index is 0.440. The topological polar surface area (TPSA) is 64.1 Å². The fourth-order valence-corrected chi connectivity index (χ4v) is 3.05. The summed E-state index contributed by atoms with van der Waals surface area (Å²) in [6.07, 6.45) is 3.13. The van der Waals surface area contributed by atoms with Gasteiger partial charge in [0.05, 0.1) is 5.69 Å². The van der Waals surface area contributed by atoms with Crippen LogP contribution < -0.4 is 10.1 Å². The molecule has 152 valence electrons. The van der Waals surface area contributed by atoms with Gasteiger partial charge >= 0.3 is 5.97 Å². The Balaban J connectivity index is 1.47. The Labute approximate surface area is 181 Å². The summed E-state index contributed by atoms with van der Waals surface area (Å²) < 4.78 is 5.43. The first-order valence-corrected chi connectivity index (χ1v) is 9.89. The number of anilines is 2. The van der Waals surface area contributed by atoms with E-state index in [1.807, 2.05) is 85.8 Å². The molecule has 0 aliphatic carbocycles. The van der Waals surface area contributed by atoms with Gasteiger partial charge in [-0.1, -0.05) is 66.7 Å². The summed E-state index contributed by atoms with van der Waals surface area (Å²) in [7, 11) is 0. The van der Waals surface area contributed by atoms with Crippen LogP contribution in [-0.2, 0) is 4.79 Å². The normalized spacial score (nSPS) is 10.7. The average molecular weight is 407 g/mol. The number of rotatable bonds is 6. The van der Waals surface area contributed by atoms with Crippen LogP contribution in [0.3, 0.4) is 0 Å². The molecule has 0 saturated carbocycles. The summed E-state index contributed by atoms with van der Waals surface area (Å²) in [4.78, 5) is 21.1. The fourth-order valence-electron chi connectivity index (χ4n) is 3.05. The monoisotopic (exact) mass is 407 g/mol. The predicted octanol–water partition coefficient (Wildman–Crippen LogP) is 5.81. The lowest BCUT2D eigenvalue weighted by Crippen LogP contribution is -2.04. The van der Waals surface area contributed by atoms with E-state index in [0.717, 1.165) is 22.5 Å². The Morgan fingerprint density at radius 1 is 0.871 bits per heavy atom. The summed E-state index contributed by atoms with van der Waals surface area (Å²) >= 11 is 0. The number of hydrogen-bond acceptors (Lipinski definition) is 5. The lowest BCUT2D eigenvalue weighted by Gasteiger charge is -2.10. The molecule has 0 spiro atoms. The van der Waals surface area contributed by atoms with Crippen molar-refractivity contribution in [2.75, 3.05) is 5.32 Å². The highest BCUT2D eigenvalue weighted by Gasteiger charge is 2.06. The van der Waals surface area contributed by atoms with Crippen molar-refractivity contribution >= 4 is 23.6 Å². The quantitative estimate of drug-likeness (QED) is 0.248. The van der Waals surface area contributed by atoms with E-state index in [9.17, 15) is 4.79 Å². The summed E-state index contributed by atoms with van der Waals surface area (Å²) in [5, 5.41) is 3.27. The maximum Gasteiger partial charge on any atom is 0.336 e. The summed E-state index contributed by atoms with van der Waals surface area (Å²) in [6.45, 7) is 1.86. The number of ether oxygens (including phenoxy) is 1. The van der Waals surface area contributed by atoms with Crippen LogP contribution in [0.1, 0.15) is 11.4 Å². The maximum atomic E-state index is 12.2. The molecule has 0 radical (unpaired) electrons. The highest BCUT2D eigenvalue weighted by Crippen LogP contribution is 2.24. The van der Waals surface area contributed by atoms with Gasteiger partial charge in [0.15, 0.2) is 0 Å². The lowest BCUT2D eigenvalue weighted by atomic mass is 10.1. The van der Waals surface area contributed by atoms with Crippen molar-refractivity contribution in [3.05, 3.63) is 108 Å². The molecule has 1 heterocycles.